The molecule has 1 aromatic carbocycles. The summed E-state index contributed by atoms with van der Waals surface area (Å²) in [5, 5.41) is 64.8. The van der Waals surface area contributed by atoms with E-state index >= 15 is 0 Å². The molecular weight excluding hydrogens is 398 g/mol. The Labute approximate surface area is 169 Å². The molecule has 0 saturated heterocycles. The van der Waals surface area contributed by atoms with E-state index in [0.29, 0.717) is 0 Å². The first-order valence-electron chi connectivity index (χ1n) is 9.07. The molecular formula is C20H19NO9. The van der Waals surface area contributed by atoms with Gasteiger partial charge in [-0.1, -0.05) is 12.1 Å². The van der Waals surface area contributed by atoms with E-state index in [1.165, 1.54) is 25.1 Å². The van der Waals surface area contributed by atoms with Gasteiger partial charge in [0.05, 0.1) is 28.8 Å². The number of ketones is 2. The van der Waals surface area contributed by atoms with Crippen LogP contribution in [0.25, 0.3) is 5.76 Å². The normalized spacial score (nSPS) is 35.7. The predicted octanol–water partition coefficient (Wildman–Crippen LogP) is -0.940. The second-order valence-electron chi connectivity index (χ2n) is 7.99. The van der Waals surface area contributed by atoms with Crippen LogP contribution in [0.4, 0.5) is 0 Å². The number of aromatic hydroxyl groups is 1. The lowest BCUT2D eigenvalue weighted by Crippen LogP contribution is -2.66. The third-order valence-electron chi connectivity index (χ3n) is 6.41. The van der Waals surface area contributed by atoms with Crippen LogP contribution in [-0.4, -0.2) is 59.8 Å². The van der Waals surface area contributed by atoms with Gasteiger partial charge in [-0.05, 0) is 18.6 Å². The fourth-order valence-corrected chi connectivity index (χ4v) is 4.98. The van der Waals surface area contributed by atoms with E-state index in [-0.39, 0.29) is 11.1 Å². The summed E-state index contributed by atoms with van der Waals surface area (Å²) in [6.45, 7) is 1.25. The minimum Gasteiger partial charge on any atom is -0.508 e. The molecule has 158 valence electrons. The number of amides is 1. The Balaban J connectivity index is 2.06. The number of fused-ring (bicyclic) bond motifs is 3. The van der Waals surface area contributed by atoms with Crippen LogP contribution >= 0.6 is 0 Å². The van der Waals surface area contributed by atoms with Crippen molar-refractivity contribution in [2.75, 3.05) is 0 Å². The Bertz CT molecular complexity index is 1100. The fourth-order valence-electron chi connectivity index (χ4n) is 4.98. The number of aliphatic hydroxyl groups is 5. The molecule has 30 heavy (non-hydrogen) atoms. The zero-order chi connectivity index (χ0) is 22.3. The Hall–Kier alpha value is -3.21. The lowest BCUT2D eigenvalue weighted by Gasteiger charge is -2.52. The third-order valence-corrected chi connectivity index (χ3v) is 6.41. The molecule has 1 fully saturated rings. The smallest absolute Gasteiger partial charge is 0.255 e. The molecule has 0 aromatic heterocycles. The Morgan fingerprint density at radius 3 is 2.40 bits per heavy atom. The van der Waals surface area contributed by atoms with E-state index in [4.69, 9.17) is 5.73 Å². The van der Waals surface area contributed by atoms with Crippen LogP contribution in [-0.2, 0) is 20.0 Å². The summed E-state index contributed by atoms with van der Waals surface area (Å²) in [6, 6.07) is 3.98. The molecule has 5 atom stereocenters. The first-order valence-corrected chi connectivity index (χ1v) is 9.07. The monoisotopic (exact) mass is 417 g/mol. The summed E-state index contributed by atoms with van der Waals surface area (Å²) in [5.74, 6) is -9.38. The van der Waals surface area contributed by atoms with E-state index in [0.717, 1.165) is 0 Å². The van der Waals surface area contributed by atoms with Gasteiger partial charge < -0.3 is 36.4 Å². The number of carbonyl (C=O) groups excluding carboxylic acids is 3. The lowest BCUT2D eigenvalue weighted by atomic mass is 9.54. The summed E-state index contributed by atoms with van der Waals surface area (Å²) < 4.78 is 0. The summed E-state index contributed by atoms with van der Waals surface area (Å²) in [5.41, 5.74) is -1.72. The highest BCUT2D eigenvalue weighted by molar-refractivity contribution is 6.23. The zero-order valence-corrected chi connectivity index (χ0v) is 15.7. The predicted molar refractivity (Wildman–Crippen MR) is 98.6 cm³/mol. The van der Waals surface area contributed by atoms with Gasteiger partial charge in [-0.2, -0.15) is 0 Å². The number of hydrogen-bond donors (Lipinski definition) is 7. The highest BCUT2D eigenvalue weighted by Gasteiger charge is 2.67. The molecule has 1 saturated carbocycles. The number of carbonyl (C=O) groups is 3. The average Bonchev–Trinajstić information content (AvgIpc) is 2.65. The number of Topliss-reactive ketones (excluding diaryl/α,β-unsaturated/α-hetero) is 2. The fraction of sp³-hybridized carbons (Fsp3) is 0.350. The van der Waals surface area contributed by atoms with Crippen molar-refractivity contribution in [2.45, 2.75) is 30.7 Å². The van der Waals surface area contributed by atoms with Crippen molar-refractivity contribution in [2.24, 2.45) is 17.6 Å². The molecule has 3 aliphatic rings. The minimum absolute atomic E-state index is 0.0192. The van der Waals surface area contributed by atoms with Gasteiger partial charge in [0, 0.05) is 12.3 Å². The number of rotatable bonds is 1. The molecule has 0 bridgehead atoms. The SMILES string of the molecule is C[C@@]1(O)c2cccc(O)c2C(O)=C2C(=O)[C@]3(O)C(O)=C(C(N)=O)C(=O)C[C@@H]3[C@@H](O)[C@@H]21. The molecule has 4 rings (SSSR count). The van der Waals surface area contributed by atoms with Crippen LogP contribution in [0, 0.1) is 11.8 Å². The third kappa shape index (κ3) is 2.15. The molecule has 0 aliphatic heterocycles. The Kier molecular flexibility index (Phi) is 3.95. The largest absolute Gasteiger partial charge is 0.508 e. The van der Waals surface area contributed by atoms with E-state index in [1.807, 2.05) is 0 Å². The van der Waals surface area contributed by atoms with E-state index in [1.54, 1.807) is 0 Å². The van der Waals surface area contributed by atoms with Gasteiger partial charge in [-0.25, -0.2) is 0 Å². The lowest BCUT2D eigenvalue weighted by molar-refractivity contribution is -0.172. The van der Waals surface area contributed by atoms with E-state index in [2.05, 4.69) is 0 Å². The molecule has 0 heterocycles. The number of phenolic OH excluding ortho intramolecular Hbond substituents is 1. The molecule has 0 unspecified atom stereocenters. The molecule has 0 spiro atoms. The van der Waals surface area contributed by atoms with Gasteiger partial charge >= 0.3 is 0 Å². The van der Waals surface area contributed by atoms with Crippen LogP contribution in [0.2, 0.25) is 0 Å². The molecule has 10 nitrogen and oxygen atoms in total. The number of benzene rings is 1. The van der Waals surface area contributed by atoms with Crippen molar-refractivity contribution in [1.82, 2.24) is 0 Å². The first-order chi connectivity index (χ1) is 13.9. The van der Waals surface area contributed by atoms with Crippen LogP contribution in [0.15, 0.2) is 35.1 Å². The van der Waals surface area contributed by atoms with Crippen molar-refractivity contribution < 1.29 is 45.0 Å². The van der Waals surface area contributed by atoms with Gasteiger partial charge in [0.15, 0.2) is 11.4 Å². The van der Waals surface area contributed by atoms with Crippen LogP contribution < -0.4 is 5.73 Å². The van der Waals surface area contributed by atoms with Gasteiger partial charge in [-0.15, -0.1) is 0 Å². The van der Waals surface area contributed by atoms with Crippen LogP contribution in [0.3, 0.4) is 0 Å². The number of hydrogen-bond acceptors (Lipinski definition) is 9. The molecule has 1 aromatic rings. The Morgan fingerprint density at radius 1 is 1.17 bits per heavy atom. The number of primary amides is 1. The first kappa shape index (κ1) is 20.1. The molecule has 0 radical (unpaired) electrons. The molecule has 1 amide bonds. The van der Waals surface area contributed by atoms with Crippen molar-refractivity contribution in [3.05, 3.63) is 46.2 Å². The standard InChI is InChI=1S/C20H19NO9/c1-19(29)6-3-2-4-8(22)10(6)15(25)12-13(19)14(24)7-5-9(23)11(18(21)28)16(26)20(7,30)17(12)27/h2-4,7,13-14,22,24-26,29-30H,5H2,1H3,(H2,21,28)/t7-,13-,14-,19-,20-/m1/s1. The number of nitrogens with two attached hydrogens (primary N) is 1. The quantitative estimate of drug-likeness (QED) is 0.282. The van der Waals surface area contributed by atoms with Crippen LogP contribution in [0.1, 0.15) is 24.5 Å². The van der Waals surface area contributed by atoms with Gasteiger partial charge in [0.25, 0.3) is 5.91 Å². The van der Waals surface area contributed by atoms with E-state index in [9.17, 15) is 45.0 Å². The highest BCUT2D eigenvalue weighted by atomic mass is 16.4. The Morgan fingerprint density at radius 2 is 1.80 bits per heavy atom. The maximum absolute atomic E-state index is 13.3. The molecule has 3 aliphatic carbocycles. The average molecular weight is 417 g/mol. The maximum Gasteiger partial charge on any atom is 0.255 e. The van der Waals surface area contributed by atoms with Gasteiger partial charge in [0.2, 0.25) is 5.78 Å². The highest BCUT2D eigenvalue weighted by Crippen LogP contribution is 2.56. The summed E-state index contributed by atoms with van der Waals surface area (Å²) in [4.78, 5) is 37.3. The molecule has 8 N–H and O–H groups in total. The molecule has 10 heteroatoms. The minimum atomic E-state index is -2.94. The topological polar surface area (TPSA) is 199 Å². The van der Waals surface area contributed by atoms with Gasteiger partial charge in [0.1, 0.15) is 22.8 Å². The second-order valence-corrected chi connectivity index (χ2v) is 7.99. The zero-order valence-electron chi connectivity index (χ0n) is 15.7. The number of aliphatic hydroxyl groups excluding tert-OH is 3. The maximum atomic E-state index is 13.3. The van der Waals surface area contributed by atoms with Crippen molar-refractivity contribution >= 4 is 23.2 Å². The summed E-state index contributed by atoms with van der Waals surface area (Å²) in [6.07, 6.45) is -2.50. The van der Waals surface area contributed by atoms with Crippen LogP contribution in [0.5, 0.6) is 5.75 Å². The van der Waals surface area contributed by atoms with Crippen molar-refractivity contribution in [1.29, 1.82) is 0 Å². The van der Waals surface area contributed by atoms with E-state index < -0.39 is 81.5 Å². The second kappa shape index (κ2) is 5.91. The summed E-state index contributed by atoms with van der Waals surface area (Å²) >= 11 is 0. The number of phenols is 1. The van der Waals surface area contributed by atoms with Crippen molar-refractivity contribution in [3.63, 3.8) is 0 Å². The van der Waals surface area contributed by atoms with Crippen molar-refractivity contribution in [3.8, 4) is 5.75 Å². The van der Waals surface area contributed by atoms with Gasteiger partial charge in [-0.3, -0.25) is 14.4 Å². The summed E-state index contributed by atoms with van der Waals surface area (Å²) in [7, 11) is 0.